The topological polar surface area (TPSA) is 57.2 Å². The average molecular weight is 317 g/mol. The average Bonchev–Trinajstić information content (AvgIpc) is 3.35. The van der Waals surface area contributed by atoms with Crippen LogP contribution in [0.25, 0.3) is 10.9 Å². The van der Waals surface area contributed by atoms with E-state index in [0.717, 1.165) is 28.6 Å². The SMILES string of the molecule is Cc1[nH]c2ccccc2c1/C=N\NC(=O)[C@@H]1C[C@H]1c1ccccc1. The number of carbonyl (C=O) groups is 1. The Morgan fingerprint density at radius 3 is 2.75 bits per heavy atom. The van der Waals surface area contributed by atoms with Crippen molar-refractivity contribution in [2.24, 2.45) is 11.0 Å². The molecule has 2 atom stereocenters. The zero-order chi connectivity index (χ0) is 16.5. The summed E-state index contributed by atoms with van der Waals surface area (Å²) in [5.41, 5.74) is 7.06. The third-order valence-electron chi connectivity index (χ3n) is 4.67. The number of para-hydroxylation sites is 1. The van der Waals surface area contributed by atoms with Crippen molar-refractivity contribution < 1.29 is 4.79 Å². The fraction of sp³-hybridized carbons (Fsp3) is 0.200. The second-order valence-electron chi connectivity index (χ2n) is 6.30. The van der Waals surface area contributed by atoms with Crippen molar-refractivity contribution >= 4 is 23.0 Å². The van der Waals surface area contributed by atoms with Gasteiger partial charge in [-0.05, 0) is 30.9 Å². The van der Waals surface area contributed by atoms with Crippen molar-refractivity contribution in [1.82, 2.24) is 10.4 Å². The van der Waals surface area contributed by atoms with E-state index >= 15 is 0 Å². The smallest absolute Gasteiger partial charge is 0.243 e. The first kappa shape index (κ1) is 14.7. The lowest BCUT2D eigenvalue weighted by atomic mass is 10.1. The van der Waals surface area contributed by atoms with Gasteiger partial charge in [0.25, 0.3) is 0 Å². The van der Waals surface area contributed by atoms with Crippen LogP contribution in [0.1, 0.15) is 29.2 Å². The summed E-state index contributed by atoms with van der Waals surface area (Å²) in [7, 11) is 0. The number of amides is 1. The zero-order valence-corrected chi connectivity index (χ0v) is 13.5. The molecular formula is C20H19N3O. The van der Waals surface area contributed by atoms with Gasteiger partial charge in [0.2, 0.25) is 5.91 Å². The van der Waals surface area contributed by atoms with Gasteiger partial charge in [-0.3, -0.25) is 4.79 Å². The minimum absolute atomic E-state index is 0.00222. The molecule has 4 nitrogen and oxygen atoms in total. The predicted octanol–water partition coefficient (Wildman–Crippen LogP) is 3.73. The van der Waals surface area contributed by atoms with Gasteiger partial charge in [0.05, 0.1) is 6.21 Å². The highest BCUT2D eigenvalue weighted by atomic mass is 16.2. The number of rotatable bonds is 4. The molecule has 0 aliphatic heterocycles. The van der Waals surface area contributed by atoms with Crippen LogP contribution in [-0.2, 0) is 4.79 Å². The summed E-state index contributed by atoms with van der Waals surface area (Å²) >= 11 is 0. The van der Waals surface area contributed by atoms with E-state index in [1.165, 1.54) is 5.56 Å². The van der Waals surface area contributed by atoms with E-state index in [1.54, 1.807) is 6.21 Å². The van der Waals surface area contributed by atoms with Crippen molar-refractivity contribution in [2.75, 3.05) is 0 Å². The van der Waals surface area contributed by atoms with Gasteiger partial charge in [0.1, 0.15) is 0 Å². The molecule has 1 amide bonds. The Labute approximate surface area is 140 Å². The normalized spacial score (nSPS) is 19.7. The summed E-state index contributed by atoms with van der Waals surface area (Å²) in [6.07, 6.45) is 2.63. The van der Waals surface area contributed by atoms with Gasteiger partial charge in [-0.15, -0.1) is 0 Å². The summed E-state index contributed by atoms with van der Waals surface area (Å²) in [4.78, 5) is 15.6. The number of benzene rings is 2. The van der Waals surface area contributed by atoms with Crippen LogP contribution in [-0.4, -0.2) is 17.1 Å². The van der Waals surface area contributed by atoms with Gasteiger partial charge in [0.15, 0.2) is 0 Å². The molecule has 0 radical (unpaired) electrons. The molecule has 24 heavy (non-hydrogen) atoms. The van der Waals surface area contributed by atoms with Crippen LogP contribution in [0.3, 0.4) is 0 Å². The van der Waals surface area contributed by atoms with Crippen LogP contribution in [0.4, 0.5) is 0 Å². The molecule has 1 aromatic heterocycles. The molecule has 1 saturated carbocycles. The molecular weight excluding hydrogens is 298 g/mol. The number of aromatic amines is 1. The van der Waals surface area contributed by atoms with E-state index in [1.807, 2.05) is 49.4 Å². The number of hydrazone groups is 1. The molecule has 0 saturated heterocycles. The standard InChI is InChI=1S/C20H19N3O/c1-13-18(15-9-5-6-10-19(15)22-13)12-21-23-20(24)17-11-16(17)14-7-3-2-4-8-14/h2-10,12,16-17,22H,11H2,1H3,(H,23,24)/b21-12-/t16-,17+/m0/s1. The monoisotopic (exact) mass is 317 g/mol. The van der Waals surface area contributed by atoms with Crippen LogP contribution in [0.5, 0.6) is 0 Å². The molecule has 120 valence electrons. The summed E-state index contributed by atoms with van der Waals surface area (Å²) in [5, 5.41) is 5.28. The number of nitrogens with one attached hydrogen (secondary N) is 2. The van der Waals surface area contributed by atoms with Gasteiger partial charge >= 0.3 is 0 Å². The zero-order valence-electron chi connectivity index (χ0n) is 13.5. The molecule has 1 aliphatic rings. The number of aryl methyl sites for hydroxylation is 1. The van der Waals surface area contributed by atoms with Gasteiger partial charge in [-0.1, -0.05) is 48.5 Å². The van der Waals surface area contributed by atoms with Crippen molar-refractivity contribution in [3.05, 3.63) is 71.4 Å². The fourth-order valence-electron chi connectivity index (χ4n) is 3.26. The molecule has 1 fully saturated rings. The minimum Gasteiger partial charge on any atom is -0.358 e. The Hall–Kier alpha value is -2.88. The Bertz CT molecular complexity index is 911. The van der Waals surface area contributed by atoms with Crippen LogP contribution in [0.2, 0.25) is 0 Å². The molecule has 0 unspecified atom stereocenters. The highest BCUT2D eigenvalue weighted by molar-refractivity contribution is 6.00. The summed E-state index contributed by atoms with van der Waals surface area (Å²) in [6.45, 7) is 2.01. The summed E-state index contributed by atoms with van der Waals surface area (Å²) in [6, 6.07) is 18.3. The minimum atomic E-state index is -0.00222. The number of fused-ring (bicyclic) bond motifs is 1. The van der Waals surface area contributed by atoms with E-state index in [0.29, 0.717) is 5.92 Å². The Morgan fingerprint density at radius 1 is 1.17 bits per heavy atom. The van der Waals surface area contributed by atoms with Crippen LogP contribution in [0.15, 0.2) is 59.7 Å². The first-order valence-corrected chi connectivity index (χ1v) is 8.19. The molecule has 0 spiro atoms. The second-order valence-corrected chi connectivity index (χ2v) is 6.30. The molecule has 4 rings (SSSR count). The largest absolute Gasteiger partial charge is 0.358 e. The number of hydrogen-bond acceptors (Lipinski definition) is 2. The van der Waals surface area contributed by atoms with E-state index in [-0.39, 0.29) is 11.8 Å². The number of carbonyl (C=O) groups excluding carboxylic acids is 1. The highest BCUT2D eigenvalue weighted by Gasteiger charge is 2.43. The molecule has 4 heteroatoms. The van der Waals surface area contributed by atoms with Crippen molar-refractivity contribution in [3.8, 4) is 0 Å². The van der Waals surface area contributed by atoms with E-state index in [2.05, 4.69) is 27.6 Å². The van der Waals surface area contributed by atoms with Gasteiger partial charge < -0.3 is 4.98 Å². The molecule has 2 N–H and O–H groups in total. The number of nitrogens with zero attached hydrogens (tertiary/aromatic N) is 1. The van der Waals surface area contributed by atoms with Gasteiger partial charge in [0, 0.05) is 28.1 Å². The van der Waals surface area contributed by atoms with Crippen molar-refractivity contribution in [1.29, 1.82) is 0 Å². The lowest BCUT2D eigenvalue weighted by Crippen LogP contribution is -2.20. The predicted molar refractivity (Wildman–Crippen MR) is 96.1 cm³/mol. The van der Waals surface area contributed by atoms with Crippen molar-refractivity contribution in [2.45, 2.75) is 19.3 Å². The van der Waals surface area contributed by atoms with Crippen molar-refractivity contribution in [3.63, 3.8) is 0 Å². The molecule has 3 aromatic rings. The molecule has 1 heterocycles. The lowest BCUT2D eigenvalue weighted by Gasteiger charge is -2.00. The summed E-state index contributed by atoms with van der Waals surface area (Å²) in [5.74, 6) is 0.363. The van der Waals surface area contributed by atoms with Crippen LogP contribution in [0, 0.1) is 12.8 Å². The van der Waals surface area contributed by atoms with E-state index in [4.69, 9.17) is 0 Å². The maximum absolute atomic E-state index is 12.2. The first-order chi connectivity index (χ1) is 11.7. The Morgan fingerprint density at radius 2 is 1.92 bits per heavy atom. The maximum Gasteiger partial charge on any atom is 0.243 e. The third-order valence-corrected chi connectivity index (χ3v) is 4.67. The molecule has 0 bridgehead atoms. The number of H-pyrrole nitrogens is 1. The first-order valence-electron chi connectivity index (χ1n) is 8.19. The number of aromatic nitrogens is 1. The lowest BCUT2D eigenvalue weighted by molar-refractivity contribution is -0.122. The van der Waals surface area contributed by atoms with Gasteiger partial charge in [-0.25, -0.2) is 5.43 Å². The van der Waals surface area contributed by atoms with Crippen LogP contribution >= 0.6 is 0 Å². The highest BCUT2D eigenvalue weighted by Crippen LogP contribution is 2.47. The van der Waals surface area contributed by atoms with E-state index < -0.39 is 0 Å². The summed E-state index contributed by atoms with van der Waals surface area (Å²) < 4.78 is 0. The number of hydrogen-bond donors (Lipinski definition) is 2. The molecule has 2 aromatic carbocycles. The third kappa shape index (κ3) is 2.71. The maximum atomic E-state index is 12.2. The van der Waals surface area contributed by atoms with Crippen LogP contribution < -0.4 is 5.43 Å². The quantitative estimate of drug-likeness (QED) is 0.559. The Balaban J connectivity index is 1.43. The Kier molecular flexibility index (Phi) is 3.65. The van der Waals surface area contributed by atoms with E-state index in [9.17, 15) is 4.79 Å². The fourth-order valence-corrected chi connectivity index (χ4v) is 3.26. The van der Waals surface area contributed by atoms with Gasteiger partial charge in [-0.2, -0.15) is 5.10 Å². The molecule has 1 aliphatic carbocycles. The second kappa shape index (κ2) is 5.96.